The van der Waals surface area contributed by atoms with Gasteiger partial charge in [0.05, 0.1) is 5.56 Å². The molecule has 1 spiro atoms. The lowest BCUT2D eigenvalue weighted by molar-refractivity contribution is 0.0382. The fourth-order valence-electron chi connectivity index (χ4n) is 4.11. The Morgan fingerprint density at radius 2 is 2.13 bits per heavy atom. The molecule has 0 bridgehead atoms. The lowest BCUT2D eigenvalue weighted by Gasteiger charge is -2.45. The number of methoxy groups -OCH3 is 1. The summed E-state index contributed by atoms with van der Waals surface area (Å²) < 4.78 is 5.19. The van der Waals surface area contributed by atoms with Gasteiger partial charge in [-0.2, -0.15) is 0 Å². The minimum Gasteiger partial charge on any atom is -0.385 e. The molecule has 3 heterocycles. The average Bonchev–Trinajstić information content (AvgIpc) is 2.98. The van der Waals surface area contributed by atoms with Crippen LogP contribution in [0.1, 0.15) is 42.5 Å². The molecule has 2 aliphatic heterocycles. The second kappa shape index (κ2) is 7.41. The predicted molar refractivity (Wildman–Crippen MR) is 89.4 cm³/mol. The number of amides is 1. The Morgan fingerprint density at radius 3 is 2.83 bits per heavy atom. The van der Waals surface area contributed by atoms with Crippen LogP contribution in [0.2, 0.25) is 0 Å². The number of hydrogen-bond acceptors (Lipinski definition) is 4. The first-order chi connectivity index (χ1) is 11.2. The van der Waals surface area contributed by atoms with Crippen molar-refractivity contribution in [3.05, 3.63) is 30.1 Å². The summed E-state index contributed by atoms with van der Waals surface area (Å²) in [6.07, 6.45) is 9.20. The molecule has 2 fully saturated rings. The van der Waals surface area contributed by atoms with Crippen molar-refractivity contribution in [2.75, 3.05) is 39.9 Å². The van der Waals surface area contributed by atoms with E-state index in [-0.39, 0.29) is 5.91 Å². The monoisotopic (exact) mass is 317 g/mol. The lowest BCUT2D eigenvalue weighted by atomic mass is 9.84. The second-order valence-corrected chi connectivity index (χ2v) is 6.70. The third kappa shape index (κ3) is 3.56. The van der Waals surface area contributed by atoms with Crippen LogP contribution in [-0.2, 0) is 4.74 Å². The van der Waals surface area contributed by atoms with E-state index < -0.39 is 0 Å². The van der Waals surface area contributed by atoms with Gasteiger partial charge < -0.3 is 9.64 Å². The van der Waals surface area contributed by atoms with Crippen molar-refractivity contribution in [1.29, 1.82) is 0 Å². The standard InChI is InChI=1S/C18H27N3O2/c1-23-14-4-11-21-10-3-6-18(21)7-12-20(13-8-18)17(22)16-5-2-9-19-15-16/h2,5,9,15H,3-4,6-8,10-14H2,1H3. The van der Waals surface area contributed by atoms with Gasteiger partial charge in [0.25, 0.3) is 5.91 Å². The van der Waals surface area contributed by atoms with Gasteiger partial charge in [-0.05, 0) is 50.8 Å². The first-order valence-corrected chi connectivity index (χ1v) is 8.68. The molecular weight excluding hydrogens is 290 g/mol. The number of aromatic nitrogens is 1. The summed E-state index contributed by atoms with van der Waals surface area (Å²) in [5.41, 5.74) is 1.02. The van der Waals surface area contributed by atoms with Crippen molar-refractivity contribution < 1.29 is 9.53 Å². The number of carbonyl (C=O) groups is 1. The highest BCUT2D eigenvalue weighted by atomic mass is 16.5. The normalized spacial score (nSPS) is 21.0. The predicted octanol–water partition coefficient (Wildman–Crippen LogP) is 2.19. The van der Waals surface area contributed by atoms with E-state index in [1.54, 1.807) is 19.5 Å². The molecule has 0 radical (unpaired) electrons. The van der Waals surface area contributed by atoms with Crippen LogP contribution in [0.4, 0.5) is 0 Å². The molecule has 0 aromatic carbocycles. The molecule has 1 amide bonds. The maximum atomic E-state index is 12.6. The van der Waals surface area contributed by atoms with Crippen LogP contribution < -0.4 is 0 Å². The van der Waals surface area contributed by atoms with Gasteiger partial charge in [-0.25, -0.2) is 0 Å². The second-order valence-electron chi connectivity index (χ2n) is 6.70. The minimum absolute atomic E-state index is 0.122. The first-order valence-electron chi connectivity index (χ1n) is 8.68. The molecule has 1 aromatic heterocycles. The van der Waals surface area contributed by atoms with E-state index in [0.29, 0.717) is 11.1 Å². The highest BCUT2D eigenvalue weighted by molar-refractivity contribution is 5.93. The summed E-state index contributed by atoms with van der Waals surface area (Å²) in [5, 5.41) is 0. The number of piperidine rings is 1. The minimum atomic E-state index is 0.122. The number of carbonyl (C=O) groups excluding carboxylic acids is 1. The Labute approximate surface area is 138 Å². The zero-order chi connectivity index (χ0) is 16.1. The molecule has 126 valence electrons. The van der Waals surface area contributed by atoms with E-state index in [0.717, 1.165) is 45.5 Å². The Kier molecular flexibility index (Phi) is 5.28. The largest absolute Gasteiger partial charge is 0.385 e. The number of pyridine rings is 1. The summed E-state index contributed by atoms with van der Waals surface area (Å²) in [6.45, 7) is 4.85. The van der Waals surface area contributed by atoms with Crippen LogP contribution in [-0.4, -0.2) is 66.1 Å². The highest BCUT2D eigenvalue weighted by Gasteiger charge is 2.43. The lowest BCUT2D eigenvalue weighted by Crippen LogP contribution is -2.53. The van der Waals surface area contributed by atoms with Gasteiger partial charge in [-0.15, -0.1) is 0 Å². The molecule has 0 aliphatic carbocycles. The molecule has 2 aliphatic rings. The zero-order valence-corrected chi connectivity index (χ0v) is 14.0. The number of nitrogens with zero attached hydrogens (tertiary/aromatic N) is 3. The maximum Gasteiger partial charge on any atom is 0.255 e. The topological polar surface area (TPSA) is 45.7 Å². The van der Waals surface area contributed by atoms with Crippen LogP contribution in [0.3, 0.4) is 0 Å². The Hall–Kier alpha value is -1.46. The van der Waals surface area contributed by atoms with E-state index in [1.807, 2.05) is 17.0 Å². The van der Waals surface area contributed by atoms with Crippen molar-refractivity contribution in [3.8, 4) is 0 Å². The SMILES string of the molecule is COCCCN1CCCC12CCN(C(=O)c1cccnc1)CC2. The van der Waals surface area contributed by atoms with Crippen molar-refractivity contribution in [2.24, 2.45) is 0 Å². The molecule has 0 atom stereocenters. The molecule has 0 unspecified atom stereocenters. The summed E-state index contributed by atoms with van der Waals surface area (Å²) in [6, 6.07) is 3.68. The summed E-state index contributed by atoms with van der Waals surface area (Å²) >= 11 is 0. The van der Waals surface area contributed by atoms with E-state index in [4.69, 9.17) is 4.74 Å². The fraction of sp³-hybridized carbons (Fsp3) is 0.667. The molecule has 0 N–H and O–H groups in total. The molecule has 0 saturated carbocycles. The van der Waals surface area contributed by atoms with Crippen LogP contribution in [0.25, 0.3) is 0 Å². The van der Waals surface area contributed by atoms with E-state index >= 15 is 0 Å². The van der Waals surface area contributed by atoms with Crippen molar-refractivity contribution >= 4 is 5.91 Å². The summed E-state index contributed by atoms with van der Waals surface area (Å²) in [7, 11) is 1.77. The summed E-state index contributed by atoms with van der Waals surface area (Å²) in [5.74, 6) is 0.122. The van der Waals surface area contributed by atoms with Crippen LogP contribution in [0.5, 0.6) is 0 Å². The smallest absolute Gasteiger partial charge is 0.255 e. The molecule has 23 heavy (non-hydrogen) atoms. The molecule has 3 rings (SSSR count). The molecule has 5 heteroatoms. The number of likely N-dealkylation sites (tertiary alicyclic amines) is 2. The van der Waals surface area contributed by atoms with Crippen LogP contribution >= 0.6 is 0 Å². The van der Waals surface area contributed by atoms with Gasteiger partial charge in [0, 0.05) is 51.3 Å². The van der Waals surface area contributed by atoms with Gasteiger partial charge in [0.15, 0.2) is 0 Å². The van der Waals surface area contributed by atoms with E-state index in [9.17, 15) is 4.79 Å². The average molecular weight is 317 g/mol. The van der Waals surface area contributed by atoms with Crippen LogP contribution in [0.15, 0.2) is 24.5 Å². The van der Waals surface area contributed by atoms with Crippen molar-refractivity contribution in [3.63, 3.8) is 0 Å². The highest BCUT2D eigenvalue weighted by Crippen LogP contribution is 2.38. The van der Waals surface area contributed by atoms with E-state index in [1.165, 1.54) is 19.4 Å². The van der Waals surface area contributed by atoms with Crippen molar-refractivity contribution in [1.82, 2.24) is 14.8 Å². The third-order valence-corrected chi connectivity index (χ3v) is 5.41. The van der Waals surface area contributed by atoms with Gasteiger partial charge in [0.2, 0.25) is 0 Å². The number of ether oxygens (including phenoxy) is 1. The number of rotatable bonds is 5. The molecular formula is C18H27N3O2. The quantitative estimate of drug-likeness (QED) is 0.781. The van der Waals surface area contributed by atoms with Gasteiger partial charge in [-0.3, -0.25) is 14.7 Å². The van der Waals surface area contributed by atoms with Gasteiger partial charge >= 0.3 is 0 Å². The molecule has 2 saturated heterocycles. The molecule has 5 nitrogen and oxygen atoms in total. The fourth-order valence-corrected chi connectivity index (χ4v) is 4.11. The molecule has 1 aromatic rings. The van der Waals surface area contributed by atoms with Crippen molar-refractivity contribution in [2.45, 2.75) is 37.6 Å². The third-order valence-electron chi connectivity index (χ3n) is 5.41. The summed E-state index contributed by atoms with van der Waals surface area (Å²) in [4.78, 5) is 21.3. The first kappa shape index (κ1) is 16.4. The van der Waals surface area contributed by atoms with E-state index in [2.05, 4.69) is 9.88 Å². The number of hydrogen-bond donors (Lipinski definition) is 0. The Balaban J connectivity index is 1.58. The van der Waals surface area contributed by atoms with Gasteiger partial charge in [-0.1, -0.05) is 0 Å². The Morgan fingerprint density at radius 1 is 1.30 bits per heavy atom. The van der Waals surface area contributed by atoms with Gasteiger partial charge in [0.1, 0.15) is 0 Å². The Bertz CT molecular complexity index is 512. The van der Waals surface area contributed by atoms with Crippen LogP contribution in [0, 0.1) is 0 Å². The zero-order valence-electron chi connectivity index (χ0n) is 14.0. The maximum absolute atomic E-state index is 12.6.